The van der Waals surface area contributed by atoms with Crippen LogP contribution in [0.2, 0.25) is 0 Å². The molecule has 1 heterocycles. The number of aliphatic carboxylic acids is 2. The molecule has 1 aromatic heterocycles. The van der Waals surface area contributed by atoms with Gasteiger partial charge in [0.15, 0.2) is 5.96 Å². The zero-order valence-corrected chi connectivity index (χ0v) is 15.6. The van der Waals surface area contributed by atoms with Crippen LogP contribution in [-0.2, 0) is 9.59 Å². The molecule has 0 radical (unpaired) electrons. The predicted molar refractivity (Wildman–Crippen MR) is 93.7 cm³/mol. The molecule has 2 rings (SSSR count). The molecule has 0 spiro atoms. The second-order valence-electron chi connectivity index (χ2n) is 5.11. The lowest BCUT2D eigenvalue weighted by Crippen LogP contribution is -2.22. The fourth-order valence-corrected chi connectivity index (χ4v) is 1.60. The van der Waals surface area contributed by atoms with E-state index in [9.17, 15) is 26.3 Å². The Hall–Kier alpha value is -3.85. The van der Waals surface area contributed by atoms with Crippen LogP contribution in [0.4, 0.5) is 32.3 Å². The van der Waals surface area contributed by atoms with E-state index in [2.05, 4.69) is 15.0 Å². The minimum Gasteiger partial charge on any atom is -0.494 e. The molecule has 16 heteroatoms. The summed E-state index contributed by atoms with van der Waals surface area (Å²) in [5, 5.41) is 15.2. The number of carboxylic acid groups (broad SMARTS) is 2. The number of ether oxygens (including phenoxy) is 1. The van der Waals surface area contributed by atoms with E-state index >= 15 is 0 Å². The lowest BCUT2D eigenvalue weighted by atomic mass is 10.2. The number of alkyl halides is 6. The zero-order valence-electron chi connectivity index (χ0n) is 15.6. The smallest absolute Gasteiger partial charge is 0.490 e. The maximum Gasteiger partial charge on any atom is 0.490 e. The number of para-hydroxylation sites is 1. The number of benzene rings is 1. The molecule has 2 aromatic rings. The first-order valence-corrected chi connectivity index (χ1v) is 7.51. The molecular weight excluding hydrogens is 444 g/mol. The number of nitrogens with two attached hydrogens (primary N) is 2. The van der Waals surface area contributed by atoms with Gasteiger partial charge >= 0.3 is 24.3 Å². The van der Waals surface area contributed by atoms with Crippen LogP contribution in [0, 0.1) is 6.92 Å². The first kappa shape index (κ1) is 27.1. The van der Waals surface area contributed by atoms with Crippen molar-refractivity contribution in [3.05, 3.63) is 23.9 Å². The molecule has 1 aromatic carbocycles. The molecule has 0 amide bonds. The highest BCUT2D eigenvalue weighted by Gasteiger charge is 2.38. The van der Waals surface area contributed by atoms with Crippen molar-refractivity contribution >= 4 is 34.7 Å². The highest BCUT2D eigenvalue weighted by atomic mass is 19.4. The number of halogens is 6. The van der Waals surface area contributed by atoms with Crippen LogP contribution in [0.5, 0.6) is 5.75 Å². The number of aliphatic imine (C=N–C) groups is 1. The third-order valence-corrected chi connectivity index (χ3v) is 2.80. The molecule has 0 unspecified atom stereocenters. The predicted octanol–water partition coefficient (Wildman–Crippen LogP) is 2.12. The van der Waals surface area contributed by atoms with Crippen LogP contribution in [0.15, 0.2) is 23.2 Å². The van der Waals surface area contributed by atoms with Crippen LogP contribution in [-0.4, -0.2) is 57.5 Å². The van der Waals surface area contributed by atoms with Crippen molar-refractivity contribution < 1.29 is 50.9 Å². The van der Waals surface area contributed by atoms with E-state index in [0.717, 1.165) is 11.1 Å². The number of aromatic nitrogens is 2. The number of guanidine groups is 1. The third kappa shape index (κ3) is 9.46. The number of nitrogens with zero attached hydrogens (tertiary/aromatic N) is 3. The van der Waals surface area contributed by atoms with Gasteiger partial charge in [0.05, 0.1) is 12.8 Å². The van der Waals surface area contributed by atoms with Crippen LogP contribution in [0.25, 0.3) is 10.9 Å². The fraction of sp³-hybridized carbons (Fsp3) is 0.267. The van der Waals surface area contributed by atoms with Gasteiger partial charge in [0.25, 0.3) is 5.95 Å². The van der Waals surface area contributed by atoms with Crippen molar-refractivity contribution in [3.63, 3.8) is 0 Å². The summed E-state index contributed by atoms with van der Waals surface area (Å²) in [6.45, 7) is 1.87. The van der Waals surface area contributed by atoms with Gasteiger partial charge in [0.1, 0.15) is 11.3 Å². The number of hydrogen-bond donors (Lipinski definition) is 4. The number of methoxy groups -OCH3 is 1. The van der Waals surface area contributed by atoms with Gasteiger partial charge in [0.2, 0.25) is 0 Å². The standard InChI is InChI=1S/C11H13N5O.2C2HF3O2/c1-6-7-4-3-5-8(17-2)9(7)15-11(14-6)16-10(12)13;2*3-2(4,5)1(6)7/h3-5H,1-2H3,(H4,12,13,14,15,16);2*(H,6,7). The van der Waals surface area contributed by atoms with Crippen LogP contribution in [0.3, 0.4) is 0 Å². The number of carboxylic acids is 2. The van der Waals surface area contributed by atoms with Crippen molar-refractivity contribution in [3.8, 4) is 5.75 Å². The molecule has 10 nitrogen and oxygen atoms in total. The van der Waals surface area contributed by atoms with Crippen molar-refractivity contribution in [1.82, 2.24) is 9.97 Å². The van der Waals surface area contributed by atoms with E-state index in [1.165, 1.54) is 0 Å². The maximum absolute atomic E-state index is 10.6. The minimum atomic E-state index is -5.08. The highest BCUT2D eigenvalue weighted by molar-refractivity contribution is 5.87. The average molecular weight is 459 g/mol. The number of rotatable bonds is 2. The van der Waals surface area contributed by atoms with E-state index in [4.69, 9.17) is 36.0 Å². The van der Waals surface area contributed by atoms with Crippen LogP contribution in [0.1, 0.15) is 5.69 Å². The summed E-state index contributed by atoms with van der Waals surface area (Å²) >= 11 is 0. The SMILES string of the molecule is COc1cccc2c(C)nc(N=C(N)N)nc12.O=C(O)C(F)(F)F.O=C(O)C(F)(F)F. The van der Waals surface area contributed by atoms with E-state index < -0.39 is 24.3 Å². The normalized spacial score (nSPS) is 10.7. The van der Waals surface area contributed by atoms with Crippen molar-refractivity contribution in [1.29, 1.82) is 0 Å². The molecule has 0 fully saturated rings. The van der Waals surface area contributed by atoms with E-state index in [-0.39, 0.29) is 11.9 Å². The van der Waals surface area contributed by atoms with Gasteiger partial charge in [-0.25, -0.2) is 19.6 Å². The molecule has 31 heavy (non-hydrogen) atoms. The van der Waals surface area contributed by atoms with Crippen molar-refractivity contribution in [2.45, 2.75) is 19.3 Å². The van der Waals surface area contributed by atoms with Gasteiger partial charge in [0, 0.05) is 5.39 Å². The number of fused-ring (bicyclic) bond motifs is 1. The summed E-state index contributed by atoms with van der Waals surface area (Å²) < 4.78 is 68.7. The summed E-state index contributed by atoms with van der Waals surface area (Å²) in [7, 11) is 1.59. The van der Waals surface area contributed by atoms with Gasteiger partial charge in [-0.15, -0.1) is 0 Å². The van der Waals surface area contributed by atoms with Crippen molar-refractivity contribution in [2.75, 3.05) is 7.11 Å². The van der Waals surface area contributed by atoms with Gasteiger partial charge in [-0.1, -0.05) is 12.1 Å². The molecule has 6 N–H and O–H groups in total. The third-order valence-electron chi connectivity index (χ3n) is 2.80. The minimum absolute atomic E-state index is 0.0707. The molecule has 0 saturated heterocycles. The van der Waals surface area contributed by atoms with Gasteiger partial charge in [-0.05, 0) is 13.0 Å². The summed E-state index contributed by atoms with van der Waals surface area (Å²) in [6, 6.07) is 5.64. The van der Waals surface area contributed by atoms with Crippen LogP contribution < -0.4 is 16.2 Å². The molecule has 0 aliphatic carbocycles. The monoisotopic (exact) mass is 459 g/mol. The Balaban J connectivity index is 0.000000536. The Labute approximate surface area is 169 Å². The lowest BCUT2D eigenvalue weighted by Gasteiger charge is -2.06. The van der Waals surface area contributed by atoms with Crippen LogP contribution >= 0.6 is 0 Å². The Morgan fingerprint density at radius 2 is 1.45 bits per heavy atom. The quantitative estimate of drug-likeness (QED) is 0.298. The summed E-state index contributed by atoms with van der Waals surface area (Å²) in [5.41, 5.74) is 12.1. The number of hydrogen-bond acceptors (Lipinski definition) is 6. The average Bonchev–Trinajstić information content (AvgIpc) is 2.60. The number of carbonyl (C=O) groups is 2. The zero-order chi connectivity index (χ0) is 24.6. The molecule has 0 bridgehead atoms. The highest BCUT2D eigenvalue weighted by Crippen LogP contribution is 2.26. The molecular formula is C15H15F6N5O5. The maximum atomic E-state index is 10.6. The Bertz CT molecular complexity index is 934. The largest absolute Gasteiger partial charge is 0.494 e. The fourth-order valence-electron chi connectivity index (χ4n) is 1.60. The first-order chi connectivity index (χ1) is 14.0. The second kappa shape index (κ2) is 10.8. The van der Waals surface area contributed by atoms with E-state index in [1.54, 1.807) is 7.11 Å². The Kier molecular flexibility index (Phi) is 9.45. The first-order valence-electron chi connectivity index (χ1n) is 7.51. The van der Waals surface area contributed by atoms with E-state index in [1.807, 2.05) is 25.1 Å². The van der Waals surface area contributed by atoms with Gasteiger partial charge < -0.3 is 26.4 Å². The molecule has 0 aliphatic heterocycles. The number of aryl methyl sites for hydroxylation is 1. The molecule has 172 valence electrons. The second-order valence-corrected chi connectivity index (χ2v) is 5.11. The molecule has 0 aliphatic rings. The molecule has 0 atom stereocenters. The Morgan fingerprint density at radius 1 is 1.00 bits per heavy atom. The van der Waals surface area contributed by atoms with E-state index in [0.29, 0.717) is 11.3 Å². The van der Waals surface area contributed by atoms with Gasteiger partial charge in [-0.3, -0.25) is 0 Å². The summed E-state index contributed by atoms with van der Waals surface area (Å²) in [4.78, 5) is 30.1. The van der Waals surface area contributed by atoms with Crippen molar-refractivity contribution in [2.24, 2.45) is 16.5 Å². The topological polar surface area (TPSA) is 174 Å². The lowest BCUT2D eigenvalue weighted by molar-refractivity contribution is -0.193. The molecule has 0 saturated carbocycles. The summed E-state index contributed by atoms with van der Waals surface area (Å²) in [5.74, 6) is -4.68. The summed E-state index contributed by atoms with van der Waals surface area (Å²) in [6.07, 6.45) is -10.2. The Morgan fingerprint density at radius 3 is 1.81 bits per heavy atom. The van der Waals surface area contributed by atoms with Gasteiger partial charge in [-0.2, -0.15) is 31.3 Å².